The molecule has 0 amide bonds. The summed E-state index contributed by atoms with van der Waals surface area (Å²) in [4.78, 5) is 6.21. The van der Waals surface area contributed by atoms with Crippen LogP contribution < -0.4 is 4.90 Å². The molecule has 0 unspecified atom stereocenters. The van der Waals surface area contributed by atoms with Crippen molar-refractivity contribution >= 4 is 17.3 Å². The van der Waals surface area contributed by atoms with Gasteiger partial charge in [-0.25, -0.2) is 0 Å². The predicted octanol–water partition coefficient (Wildman–Crippen LogP) is 2.68. The van der Waals surface area contributed by atoms with Gasteiger partial charge in [0.25, 0.3) is 0 Å². The van der Waals surface area contributed by atoms with Gasteiger partial charge >= 0.3 is 0 Å². The third-order valence-electron chi connectivity index (χ3n) is 2.31. The van der Waals surface area contributed by atoms with Crippen molar-refractivity contribution < 1.29 is 4.74 Å². The summed E-state index contributed by atoms with van der Waals surface area (Å²) in [6.07, 6.45) is 3.87. The Hall–Kier alpha value is -0.800. The van der Waals surface area contributed by atoms with E-state index in [0.717, 1.165) is 24.4 Å². The molecule has 4 heteroatoms. The van der Waals surface area contributed by atoms with Gasteiger partial charge in [0.2, 0.25) is 0 Å². The van der Waals surface area contributed by atoms with Crippen LogP contribution in [0.4, 0.5) is 5.69 Å². The molecule has 0 aliphatic heterocycles. The Kier molecular flexibility index (Phi) is 5.56. The summed E-state index contributed by atoms with van der Waals surface area (Å²) in [6, 6.07) is 1.98. The molecule has 0 aliphatic rings. The molecule has 0 bridgehead atoms. The fraction of sp³-hybridized carbons (Fsp3) is 0.583. The smallest absolute Gasteiger partial charge is 0.0644 e. The minimum Gasteiger partial charge on any atom is -0.377 e. The molecule has 1 aromatic heterocycles. The highest BCUT2D eigenvalue weighted by Gasteiger charge is 2.06. The average molecular weight is 243 g/mol. The molecule has 0 radical (unpaired) electrons. The van der Waals surface area contributed by atoms with E-state index in [1.54, 1.807) is 6.20 Å². The molecule has 0 aliphatic carbocycles. The zero-order valence-electron chi connectivity index (χ0n) is 10.1. The number of likely N-dealkylation sites (N-methyl/N-ethyl adjacent to an activating group) is 1. The first-order valence-corrected chi connectivity index (χ1v) is 6.00. The highest BCUT2D eigenvalue weighted by Crippen LogP contribution is 2.19. The second-order valence-corrected chi connectivity index (χ2v) is 4.25. The largest absolute Gasteiger partial charge is 0.377 e. The van der Waals surface area contributed by atoms with E-state index in [1.165, 1.54) is 0 Å². The molecule has 0 spiro atoms. The number of halogens is 1. The predicted molar refractivity (Wildman–Crippen MR) is 68.2 cm³/mol. The van der Waals surface area contributed by atoms with E-state index in [2.05, 4.69) is 9.88 Å². The monoisotopic (exact) mass is 242 g/mol. The average Bonchev–Trinajstić information content (AvgIpc) is 2.28. The highest BCUT2D eigenvalue weighted by molar-refractivity contribution is 6.17. The number of hydrogen-bond donors (Lipinski definition) is 0. The lowest BCUT2D eigenvalue weighted by Gasteiger charge is -2.22. The van der Waals surface area contributed by atoms with Gasteiger partial charge in [-0.05, 0) is 19.9 Å². The van der Waals surface area contributed by atoms with Crippen molar-refractivity contribution in [3.05, 3.63) is 24.0 Å². The van der Waals surface area contributed by atoms with E-state index in [4.69, 9.17) is 16.3 Å². The van der Waals surface area contributed by atoms with Gasteiger partial charge in [0.15, 0.2) is 0 Å². The maximum Gasteiger partial charge on any atom is 0.0644 e. The Labute approximate surface area is 102 Å². The number of anilines is 1. The molecule has 0 saturated carbocycles. The van der Waals surface area contributed by atoms with Crippen LogP contribution in [0.25, 0.3) is 0 Å². The summed E-state index contributed by atoms with van der Waals surface area (Å²) in [5.41, 5.74) is 2.17. The Balaban J connectivity index is 2.55. The van der Waals surface area contributed by atoms with Crippen molar-refractivity contribution in [3.8, 4) is 0 Å². The molecule has 0 fully saturated rings. The third kappa shape index (κ3) is 3.99. The van der Waals surface area contributed by atoms with Gasteiger partial charge in [0.05, 0.1) is 18.6 Å². The van der Waals surface area contributed by atoms with E-state index >= 15 is 0 Å². The van der Waals surface area contributed by atoms with Crippen LogP contribution in [0.5, 0.6) is 0 Å². The first-order valence-electron chi connectivity index (χ1n) is 5.46. The van der Waals surface area contributed by atoms with Crippen LogP contribution in [0, 0.1) is 0 Å². The summed E-state index contributed by atoms with van der Waals surface area (Å²) < 4.78 is 5.52. The first kappa shape index (κ1) is 13.3. The van der Waals surface area contributed by atoms with E-state index in [-0.39, 0.29) is 6.10 Å². The molecule has 16 heavy (non-hydrogen) atoms. The van der Waals surface area contributed by atoms with Crippen molar-refractivity contribution in [1.29, 1.82) is 0 Å². The number of alkyl halides is 1. The molecule has 0 aromatic carbocycles. The van der Waals surface area contributed by atoms with Gasteiger partial charge in [-0.2, -0.15) is 0 Å². The standard InChI is InChI=1S/C12H19ClN2O/c1-10(2)16-7-6-15(3)12-4-5-14-9-11(12)8-13/h4-5,9-10H,6-8H2,1-3H3. The summed E-state index contributed by atoms with van der Waals surface area (Å²) in [7, 11) is 2.04. The van der Waals surface area contributed by atoms with Crippen LogP contribution in [0.1, 0.15) is 19.4 Å². The zero-order chi connectivity index (χ0) is 12.0. The second-order valence-electron chi connectivity index (χ2n) is 3.98. The second kappa shape index (κ2) is 6.71. The summed E-state index contributed by atoms with van der Waals surface area (Å²) in [5, 5.41) is 0. The fourth-order valence-electron chi connectivity index (χ4n) is 1.44. The van der Waals surface area contributed by atoms with Crippen molar-refractivity contribution in [2.24, 2.45) is 0 Å². The summed E-state index contributed by atoms with van der Waals surface area (Å²) in [5.74, 6) is 0.485. The molecule has 1 rings (SSSR count). The van der Waals surface area contributed by atoms with Gasteiger partial charge < -0.3 is 9.64 Å². The number of ether oxygens (including phenoxy) is 1. The molecular weight excluding hydrogens is 224 g/mol. The van der Waals surface area contributed by atoms with E-state index < -0.39 is 0 Å². The van der Waals surface area contributed by atoms with Gasteiger partial charge in [-0.3, -0.25) is 4.98 Å². The Morgan fingerprint density at radius 2 is 2.25 bits per heavy atom. The maximum absolute atomic E-state index is 5.86. The summed E-state index contributed by atoms with van der Waals surface area (Å²) in [6.45, 7) is 5.65. The molecule has 90 valence electrons. The maximum atomic E-state index is 5.86. The number of aromatic nitrogens is 1. The van der Waals surface area contributed by atoms with Crippen LogP contribution in [-0.4, -0.2) is 31.3 Å². The molecule has 0 saturated heterocycles. The quantitative estimate of drug-likeness (QED) is 0.718. The van der Waals surface area contributed by atoms with Gasteiger partial charge in [-0.15, -0.1) is 11.6 Å². The number of nitrogens with zero attached hydrogens (tertiary/aromatic N) is 2. The lowest BCUT2D eigenvalue weighted by molar-refractivity contribution is 0.0846. The van der Waals surface area contributed by atoms with E-state index in [9.17, 15) is 0 Å². The van der Waals surface area contributed by atoms with Crippen molar-refractivity contribution in [1.82, 2.24) is 4.98 Å². The summed E-state index contributed by atoms with van der Waals surface area (Å²) >= 11 is 5.86. The van der Waals surface area contributed by atoms with Gasteiger partial charge in [-0.1, -0.05) is 0 Å². The van der Waals surface area contributed by atoms with Crippen LogP contribution in [-0.2, 0) is 10.6 Å². The third-order valence-corrected chi connectivity index (χ3v) is 2.60. The highest BCUT2D eigenvalue weighted by atomic mass is 35.5. The minimum atomic E-state index is 0.276. The Bertz CT molecular complexity index is 318. The Morgan fingerprint density at radius 3 is 2.88 bits per heavy atom. The normalized spacial score (nSPS) is 10.8. The number of pyridine rings is 1. The first-order chi connectivity index (χ1) is 7.65. The molecule has 1 aromatic rings. The molecule has 0 N–H and O–H groups in total. The van der Waals surface area contributed by atoms with Gasteiger partial charge in [0.1, 0.15) is 0 Å². The molecular formula is C12H19ClN2O. The lowest BCUT2D eigenvalue weighted by atomic mass is 10.2. The van der Waals surface area contributed by atoms with Crippen LogP contribution in [0.3, 0.4) is 0 Å². The fourth-order valence-corrected chi connectivity index (χ4v) is 1.65. The molecule has 1 heterocycles. The minimum absolute atomic E-state index is 0.276. The van der Waals surface area contributed by atoms with Crippen LogP contribution in [0.15, 0.2) is 18.5 Å². The van der Waals surface area contributed by atoms with Crippen molar-refractivity contribution in [2.45, 2.75) is 25.8 Å². The van der Waals surface area contributed by atoms with Crippen LogP contribution >= 0.6 is 11.6 Å². The molecule has 0 atom stereocenters. The Morgan fingerprint density at radius 1 is 1.50 bits per heavy atom. The number of hydrogen-bond acceptors (Lipinski definition) is 3. The lowest BCUT2D eigenvalue weighted by Crippen LogP contribution is -2.24. The van der Waals surface area contributed by atoms with Crippen molar-refractivity contribution in [2.75, 3.05) is 25.1 Å². The van der Waals surface area contributed by atoms with E-state index in [0.29, 0.717) is 5.88 Å². The molecule has 3 nitrogen and oxygen atoms in total. The van der Waals surface area contributed by atoms with Gasteiger partial charge in [0, 0.05) is 37.2 Å². The SMILES string of the molecule is CC(C)OCCN(C)c1ccncc1CCl. The number of rotatable bonds is 6. The van der Waals surface area contributed by atoms with Crippen LogP contribution in [0.2, 0.25) is 0 Å². The zero-order valence-corrected chi connectivity index (χ0v) is 10.9. The topological polar surface area (TPSA) is 25.4 Å². The van der Waals surface area contributed by atoms with E-state index in [1.807, 2.05) is 33.2 Å². The van der Waals surface area contributed by atoms with Crippen molar-refractivity contribution in [3.63, 3.8) is 0 Å².